The zero-order valence-electron chi connectivity index (χ0n) is 9.48. The number of piperidine rings is 1. The molecular formula is C12H19N3. The molecule has 0 aliphatic carbocycles. The van der Waals surface area contributed by atoms with Crippen LogP contribution in [0.1, 0.15) is 19.0 Å². The zero-order valence-corrected chi connectivity index (χ0v) is 9.48. The Kier molecular flexibility index (Phi) is 2.91. The van der Waals surface area contributed by atoms with E-state index in [1.807, 2.05) is 13.1 Å². The molecule has 2 N–H and O–H groups in total. The topological polar surface area (TPSA) is 42.1 Å². The third-order valence-corrected chi connectivity index (χ3v) is 3.26. The molecule has 1 aromatic heterocycles. The Morgan fingerprint density at radius 3 is 3.00 bits per heavy atom. The van der Waals surface area contributed by atoms with Crippen LogP contribution in [0.3, 0.4) is 0 Å². The standard InChI is InChI=1S/C12H19N3/c1-9-4-6-15(8-12(9)13)11-3-5-14-10(2)7-11/h3,5,7,9,12H,4,6,8,13H2,1-2H3. The molecule has 2 rings (SSSR count). The van der Waals surface area contributed by atoms with E-state index in [9.17, 15) is 0 Å². The van der Waals surface area contributed by atoms with Crippen LogP contribution < -0.4 is 10.6 Å². The van der Waals surface area contributed by atoms with E-state index in [4.69, 9.17) is 5.73 Å². The van der Waals surface area contributed by atoms with Gasteiger partial charge in [-0.05, 0) is 31.4 Å². The predicted octanol–water partition coefficient (Wildman–Crippen LogP) is 1.56. The number of hydrogen-bond acceptors (Lipinski definition) is 3. The molecule has 0 amide bonds. The first-order chi connectivity index (χ1) is 7.16. The summed E-state index contributed by atoms with van der Waals surface area (Å²) in [7, 11) is 0. The van der Waals surface area contributed by atoms with Gasteiger partial charge < -0.3 is 10.6 Å². The second-order valence-corrected chi connectivity index (χ2v) is 4.53. The van der Waals surface area contributed by atoms with Gasteiger partial charge in [-0.15, -0.1) is 0 Å². The molecule has 1 saturated heterocycles. The van der Waals surface area contributed by atoms with Gasteiger partial charge in [0.2, 0.25) is 0 Å². The van der Waals surface area contributed by atoms with E-state index in [1.165, 1.54) is 12.1 Å². The molecule has 1 fully saturated rings. The monoisotopic (exact) mass is 205 g/mol. The predicted molar refractivity (Wildman–Crippen MR) is 62.9 cm³/mol. The van der Waals surface area contributed by atoms with Gasteiger partial charge in [-0.1, -0.05) is 6.92 Å². The van der Waals surface area contributed by atoms with Crippen molar-refractivity contribution < 1.29 is 0 Å². The SMILES string of the molecule is Cc1cc(N2CCC(C)C(N)C2)ccn1. The Labute approximate surface area is 91.3 Å². The van der Waals surface area contributed by atoms with E-state index >= 15 is 0 Å². The van der Waals surface area contributed by atoms with Gasteiger partial charge in [0.15, 0.2) is 0 Å². The first-order valence-corrected chi connectivity index (χ1v) is 5.60. The molecule has 1 aliphatic heterocycles. The lowest BCUT2D eigenvalue weighted by Crippen LogP contribution is -2.47. The molecule has 0 bridgehead atoms. The van der Waals surface area contributed by atoms with Crippen LogP contribution in [0.25, 0.3) is 0 Å². The summed E-state index contributed by atoms with van der Waals surface area (Å²) >= 11 is 0. The van der Waals surface area contributed by atoms with Crippen molar-refractivity contribution >= 4 is 5.69 Å². The van der Waals surface area contributed by atoms with Gasteiger partial charge in [-0.3, -0.25) is 4.98 Å². The quantitative estimate of drug-likeness (QED) is 0.756. The van der Waals surface area contributed by atoms with Crippen LogP contribution in [0.15, 0.2) is 18.3 Å². The summed E-state index contributed by atoms with van der Waals surface area (Å²) < 4.78 is 0. The molecule has 3 heteroatoms. The molecule has 82 valence electrons. The van der Waals surface area contributed by atoms with Gasteiger partial charge in [0.05, 0.1) is 0 Å². The molecule has 2 heterocycles. The van der Waals surface area contributed by atoms with Crippen LogP contribution in [0.2, 0.25) is 0 Å². The maximum Gasteiger partial charge on any atom is 0.0400 e. The van der Waals surface area contributed by atoms with Crippen molar-refractivity contribution in [2.75, 3.05) is 18.0 Å². The largest absolute Gasteiger partial charge is 0.370 e. The lowest BCUT2D eigenvalue weighted by Gasteiger charge is -2.36. The summed E-state index contributed by atoms with van der Waals surface area (Å²) in [5.74, 6) is 0.643. The second-order valence-electron chi connectivity index (χ2n) is 4.53. The van der Waals surface area contributed by atoms with Crippen molar-refractivity contribution in [2.24, 2.45) is 11.7 Å². The fourth-order valence-electron chi connectivity index (χ4n) is 2.06. The lowest BCUT2D eigenvalue weighted by molar-refractivity contribution is 0.379. The summed E-state index contributed by atoms with van der Waals surface area (Å²) in [6, 6.07) is 4.49. The molecule has 2 unspecified atom stereocenters. The highest BCUT2D eigenvalue weighted by atomic mass is 15.2. The Balaban J connectivity index is 2.12. The number of anilines is 1. The fourth-order valence-corrected chi connectivity index (χ4v) is 2.06. The van der Waals surface area contributed by atoms with E-state index < -0.39 is 0 Å². The average Bonchev–Trinajstić information content (AvgIpc) is 2.22. The average molecular weight is 205 g/mol. The first-order valence-electron chi connectivity index (χ1n) is 5.60. The van der Waals surface area contributed by atoms with E-state index in [2.05, 4.69) is 28.9 Å². The van der Waals surface area contributed by atoms with E-state index in [1.54, 1.807) is 0 Å². The molecule has 0 aromatic carbocycles. The first kappa shape index (κ1) is 10.4. The van der Waals surface area contributed by atoms with Crippen molar-refractivity contribution in [3.05, 3.63) is 24.0 Å². The number of rotatable bonds is 1. The fraction of sp³-hybridized carbons (Fsp3) is 0.583. The molecule has 0 spiro atoms. The summed E-state index contributed by atoms with van der Waals surface area (Å²) in [6.07, 6.45) is 3.05. The molecule has 1 aromatic rings. The molecule has 0 saturated carbocycles. The summed E-state index contributed by atoms with van der Waals surface area (Å²) in [6.45, 7) is 6.33. The maximum absolute atomic E-state index is 6.09. The second kappa shape index (κ2) is 4.19. The number of aromatic nitrogens is 1. The van der Waals surface area contributed by atoms with Crippen molar-refractivity contribution in [2.45, 2.75) is 26.3 Å². The van der Waals surface area contributed by atoms with Crippen LogP contribution in [-0.2, 0) is 0 Å². The minimum Gasteiger partial charge on any atom is -0.370 e. The highest BCUT2D eigenvalue weighted by molar-refractivity contribution is 5.47. The maximum atomic E-state index is 6.09. The third-order valence-electron chi connectivity index (χ3n) is 3.26. The van der Waals surface area contributed by atoms with Crippen molar-refractivity contribution in [3.63, 3.8) is 0 Å². The lowest BCUT2D eigenvalue weighted by atomic mass is 9.94. The van der Waals surface area contributed by atoms with Gasteiger partial charge in [0, 0.05) is 36.7 Å². The molecule has 3 nitrogen and oxygen atoms in total. The smallest absolute Gasteiger partial charge is 0.0400 e. The molecule has 15 heavy (non-hydrogen) atoms. The van der Waals surface area contributed by atoms with Gasteiger partial charge in [-0.2, -0.15) is 0 Å². The Morgan fingerprint density at radius 1 is 1.53 bits per heavy atom. The number of aryl methyl sites for hydroxylation is 1. The molecule has 2 atom stereocenters. The van der Waals surface area contributed by atoms with Crippen molar-refractivity contribution in [1.29, 1.82) is 0 Å². The Morgan fingerprint density at radius 2 is 2.33 bits per heavy atom. The van der Waals surface area contributed by atoms with E-state index in [0.29, 0.717) is 12.0 Å². The molecule has 1 aliphatic rings. The van der Waals surface area contributed by atoms with Crippen molar-refractivity contribution in [3.8, 4) is 0 Å². The minimum atomic E-state index is 0.298. The van der Waals surface area contributed by atoms with Gasteiger partial charge >= 0.3 is 0 Å². The number of nitrogens with zero attached hydrogens (tertiary/aromatic N) is 2. The van der Waals surface area contributed by atoms with Crippen LogP contribution in [0, 0.1) is 12.8 Å². The Bertz CT molecular complexity index is 337. The third kappa shape index (κ3) is 2.29. The van der Waals surface area contributed by atoms with Crippen LogP contribution in [0.4, 0.5) is 5.69 Å². The highest BCUT2D eigenvalue weighted by Gasteiger charge is 2.23. The van der Waals surface area contributed by atoms with Gasteiger partial charge in [0.1, 0.15) is 0 Å². The normalized spacial score (nSPS) is 26.7. The van der Waals surface area contributed by atoms with E-state index in [0.717, 1.165) is 18.8 Å². The van der Waals surface area contributed by atoms with Crippen LogP contribution in [0.5, 0.6) is 0 Å². The Hall–Kier alpha value is -1.09. The van der Waals surface area contributed by atoms with Gasteiger partial charge in [-0.25, -0.2) is 0 Å². The zero-order chi connectivity index (χ0) is 10.8. The minimum absolute atomic E-state index is 0.298. The number of nitrogens with two attached hydrogens (primary N) is 1. The molecular weight excluding hydrogens is 186 g/mol. The summed E-state index contributed by atoms with van der Waals surface area (Å²) in [5, 5.41) is 0. The van der Waals surface area contributed by atoms with Crippen molar-refractivity contribution in [1.82, 2.24) is 4.98 Å². The van der Waals surface area contributed by atoms with Crippen LogP contribution >= 0.6 is 0 Å². The van der Waals surface area contributed by atoms with Gasteiger partial charge in [0.25, 0.3) is 0 Å². The number of pyridine rings is 1. The molecule has 0 radical (unpaired) electrons. The summed E-state index contributed by atoms with van der Waals surface area (Å²) in [5.41, 5.74) is 8.41. The highest BCUT2D eigenvalue weighted by Crippen LogP contribution is 2.22. The number of hydrogen-bond donors (Lipinski definition) is 1. The van der Waals surface area contributed by atoms with Crippen LogP contribution in [-0.4, -0.2) is 24.1 Å². The van der Waals surface area contributed by atoms with E-state index in [-0.39, 0.29) is 0 Å². The summed E-state index contributed by atoms with van der Waals surface area (Å²) in [4.78, 5) is 6.57.